The molecule has 8 nitrogen and oxygen atoms in total. The van der Waals surface area contributed by atoms with Crippen molar-refractivity contribution in [3.05, 3.63) is 71.1 Å². The number of aromatic nitrogens is 3. The van der Waals surface area contributed by atoms with Gasteiger partial charge in [-0.15, -0.1) is 0 Å². The highest BCUT2D eigenvalue weighted by Gasteiger charge is 2.40. The lowest BCUT2D eigenvalue weighted by atomic mass is 9.84. The maximum atomic E-state index is 14.8. The van der Waals surface area contributed by atoms with Crippen LogP contribution in [0.15, 0.2) is 42.5 Å². The van der Waals surface area contributed by atoms with Gasteiger partial charge in [0, 0.05) is 6.54 Å². The van der Waals surface area contributed by atoms with Crippen LogP contribution in [0.1, 0.15) is 57.1 Å². The molecule has 0 bridgehead atoms. The molecule has 3 aromatic rings. The number of alkyl halides is 2. The van der Waals surface area contributed by atoms with E-state index in [1.807, 2.05) is 0 Å². The maximum Gasteiger partial charge on any atom is 0.253 e. The number of aliphatic hydroxyl groups is 1. The molecule has 0 aliphatic heterocycles. The first-order valence-corrected chi connectivity index (χ1v) is 12.6. The van der Waals surface area contributed by atoms with Crippen LogP contribution in [0.4, 0.5) is 17.6 Å². The van der Waals surface area contributed by atoms with Crippen molar-refractivity contribution in [3.8, 4) is 17.5 Å². The second-order valence-electron chi connectivity index (χ2n) is 10.7. The number of carbonyl (C=O) groups excluding carboxylic acids is 1. The van der Waals surface area contributed by atoms with Crippen molar-refractivity contribution in [1.82, 2.24) is 19.7 Å². The number of aliphatic hydroxyl groups excluding tert-OH is 1. The van der Waals surface area contributed by atoms with Crippen LogP contribution in [0.2, 0.25) is 0 Å². The monoisotopic (exact) mass is 560 g/mol. The van der Waals surface area contributed by atoms with Crippen LogP contribution in [0, 0.1) is 28.4 Å². The molecule has 40 heavy (non-hydrogen) atoms. The molecule has 0 aliphatic carbocycles. The van der Waals surface area contributed by atoms with E-state index >= 15 is 0 Å². The Labute approximate surface area is 230 Å². The third-order valence-electron chi connectivity index (χ3n) is 6.30. The number of amides is 1. The molecule has 214 valence electrons. The number of nitrogens with two attached hydrogens (primary N) is 1. The molecule has 0 radical (unpaired) electrons. The second kappa shape index (κ2) is 12.6. The molecule has 0 saturated heterocycles. The van der Waals surface area contributed by atoms with E-state index in [1.54, 1.807) is 45.0 Å². The summed E-state index contributed by atoms with van der Waals surface area (Å²) >= 11 is 0. The van der Waals surface area contributed by atoms with Gasteiger partial charge in [0.15, 0.2) is 11.6 Å². The van der Waals surface area contributed by atoms with Crippen molar-refractivity contribution in [2.45, 2.75) is 65.3 Å². The molecule has 3 atom stereocenters. The quantitative estimate of drug-likeness (QED) is 0.354. The summed E-state index contributed by atoms with van der Waals surface area (Å²) in [5.41, 5.74) is 5.57. The Morgan fingerprint density at radius 1 is 1.20 bits per heavy atom. The molecule has 0 saturated carbocycles. The average Bonchev–Trinajstić information content (AvgIpc) is 3.28. The molecule has 3 rings (SSSR count). The number of hydrogen-bond donors (Lipinski definition) is 2. The zero-order valence-corrected chi connectivity index (χ0v) is 22.7. The zero-order chi connectivity index (χ0) is 29.8. The smallest absolute Gasteiger partial charge is 0.253 e. The lowest BCUT2D eigenvalue weighted by molar-refractivity contribution is -0.145. The first kappa shape index (κ1) is 30.7. The fourth-order valence-corrected chi connectivity index (χ4v) is 4.38. The third kappa shape index (κ3) is 7.22. The zero-order valence-electron chi connectivity index (χ0n) is 22.7. The van der Waals surface area contributed by atoms with Gasteiger partial charge in [0.1, 0.15) is 17.7 Å². The summed E-state index contributed by atoms with van der Waals surface area (Å²) in [4.78, 5) is 19.0. The molecule has 0 aliphatic rings. The normalized spacial score (nSPS) is 14.1. The topological polar surface area (TPSA) is 121 Å². The SMILES string of the molecule is CC(O)C(=O)N(CCC(N)C(F)F)[C@@H](c1nc(-c2cc(F)ccc2F)nn1Cc1cccc(C#N)c1)C(C)(C)C. The summed E-state index contributed by atoms with van der Waals surface area (Å²) in [6.45, 7) is 6.40. The molecule has 1 aromatic heterocycles. The third-order valence-corrected chi connectivity index (χ3v) is 6.30. The van der Waals surface area contributed by atoms with E-state index in [-0.39, 0.29) is 36.7 Å². The number of nitrogens with zero attached hydrogens (tertiary/aromatic N) is 5. The highest BCUT2D eigenvalue weighted by Crippen LogP contribution is 2.39. The summed E-state index contributed by atoms with van der Waals surface area (Å²) < 4.78 is 56.7. The van der Waals surface area contributed by atoms with Gasteiger partial charge < -0.3 is 15.7 Å². The highest BCUT2D eigenvalue weighted by atomic mass is 19.3. The van der Waals surface area contributed by atoms with Gasteiger partial charge in [0.2, 0.25) is 0 Å². The van der Waals surface area contributed by atoms with Crippen LogP contribution in [-0.2, 0) is 11.3 Å². The van der Waals surface area contributed by atoms with Crippen molar-refractivity contribution in [3.63, 3.8) is 0 Å². The van der Waals surface area contributed by atoms with Crippen LogP contribution in [0.25, 0.3) is 11.4 Å². The summed E-state index contributed by atoms with van der Waals surface area (Å²) in [7, 11) is 0. The lowest BCUT2D eigenvalue weighted by Crippen LogP contribution is -2.48. The second-order valence-corrected chi connectivity index (χ2v) is 10.7. The summed E-state index contributed by atoms with van der Waals surface area (Å²) in [5, 5.41) is 24.0. The number of carbonyl (C=O) groups is 1. The molecule has 1 heterocycles. The van der Waals surface area contributed by atoms with Gasteiger partial charge in [-0.25, -0.2) is 27.2 Å². The van der Waals surface area contributed by atoms with Gasteiger partial charge in [-0.05, 0) is 54.7 Å². The summed E-state index contributed by atoms with van der Waals surface area (Å²) in [5.74, 6) is -2.25. The van der Waals surface area contributed by atoms with E-state index in [1.165, 1.54) is 16.5 Å². The van der Waals surface area contributed by atoms with Crippen molar-refractivity contribution >= 4 is 5.91 Å². The summed E-state index contributed by atoms with van der Waals surface area (Å²) in [6, 6.07) is 9.07. The standard InChI is InChI=1S/C28H32F4N6O2/c1-16(39)27(40)37(11-10-22(34)24(31)32)23(28(2,3)4)26-35-25(20-13-19(29)8-9-21(20)30)36-38(26)15-18-7-5-6-17(12-18)14-33/h5-9,12-13,16,22-24,39H,10-11,15,34H2,1-4H3/t16?,22?,23-/m0/s1. The largest absolute Gasteiger partial charge is 0.384 e. The van der Waals surface area contributed by atoms with Crippen molar-refractivity contribution in [2.75, 3.05) is 6.54 Å². The molecule has 0 spiro atoms. The Morgan fingerprint density at radius 3 is 2.50 bits per heavy atom. The van der Waals surface area contributed by atoms with Gasteiger partial charge in [-0.2, -0.15) is 10.4 Å². The number of hydrogen-bond acceptors (Lipinski definition) is 6. The van der Waals surface area contributed by atoms with Gasteiger partial charge in [-0.3, -0.25) is 4.79 Å². The minimum atomic E-state index is -2.82. The van der Waals surface area contributed by atoms with Crippen LogP contribution in [0.3, 0.4) is 0 Å². The van der Waals surface area contributed by atoms with Crippen molar-refractivity contribution in [2.24, 2.45) is 11.1 Å². The Morgan fingerprint density at radius 2 is 1.90 bits per heavy atom. The Kier molecular flexibility index (Phi) is 9.65. The predicted molar refractivity (Wildman–Crippen MR) is 140 cm³/mol. The molecule has 2 aromatic carbocycles. The molecule has 0 fully saturated rings. The fraction of sp³-hybridized carbons (Fsp3) is 0.429. The van der Waals surface area contributed by atoms with Gasteiger partial charge >= 0.3 is 0 Å². The van der Waals surface area contributed by atoms with E-state index in [4.69, 9.17) is 5.73 Å². The number of rotatable bonds is 10. The molecular weight excluding hydrogens is 528 g/mol. The van der Waals surface area contributed by atoms with Crippen molar-refractivity contribution < 1.29 is 27.5 Å². The predicted octanol–water partition coefficient (Wildman–Crippen LogP) is 4.42. The van der Waals surface area contributed by atoms with Crippen LogP contribution in [-0.4, -0.2) is 55.8 Å². The molecule has 1 amide bonds. The van der Waals surface area contributed by atoms with E-state index in [0.717, 1.165) is 18.2 Å². The first-order chi connectivity index (χ1) is 18.7. The average molecular weight is 561 g/mol. The number of halogens is 4. The van der Waals surface area contributed by atoms with E-state index in [2.05, 4.69) is 16.2 Å². The Bertz CT molecular complexity index is 1380. The number of nitriles is 1. The van der Waals surface area contributed by atoms with Crippen LogP contribution < -0.4 is 5.73 Å². The van der Waals surface area contributed by atoms with E-state index < -0.39 is 47.6 Å². The maximum absolute atomic E-state index is 14.8. The Hall–Kier alpha value is -3.82. The molecule has 3 N–H and O–H groups in total. The van der Waals surface area contributed by atoms with Crippen molar-refractivity contribution in [1.29, 1.82) is 5.26 Å². The van der Waals surface area contributed by atoms with Gasteiger partial charge in [-0.1, -0.05) is 32.9 Å². The molecule has 12 heteroatoms. The van der Waals surface area contributed by atoms with E-state index in [9.17, 15) is 32.7 Å². The highest BCUT2D eigenvalue weighted by molar-refractivity contribution is 5.80. The lowest BCUT2D eigenvalue weighted by Gasteiger charge is -2.40. The first-order valence-electron chi connectivity index (χ1n) is 12.6. The van der Waals surface area contributed by atoms with Crippen LogP contribution >= 0.6 is 0 Å². The Balaban J connectivity index is 2.23. The fourth-order valence-electron chi connectivity index (χ4n) is 4.38. The number of benzene rings is 2. The van der Waals surface area contributed by atoms with Crippen LogP contribution in [0.5, 0.6) is 0 Å². The molecular formula is C28H32F4N6O2. The summed E-state index contributed by atoms with van der Waals surface area (Å²) in [6.07, 6.45) is -4.57. The van der Waals surface area contributed by atoms with Gasteiger partial charge in [0.25, 0.3) is 12.3 Å². The molecule has 2 unspecified atom stereocenters. The minimum absolute atomic E-state index is 0.0363. The van der Waals surface area contributed by atoms with Gasteiger partial charge in [0.05, 0.1) is 35.8 Å². The minimum Gasteiger partial charge on any atom is -0.384 e. The van der Waals surface area contributed by atoms with E-state index in [0.29, 0.717) is 11.1 Å².